The van der Waals surface area contributed by atoms with Gasteiger partial charge in [0.25, 0.3) is 5.91 Å². The van der Waals surface area contributed by atoms with Crippen LogP contribution in [0.15, 0.2) is 30.3 Å². The largest absolute Gasteiger partial charge is 0.497 e. The molecular weight excluding hydrogens is 320 g/mol. The number of nitrogens with zero attached hydrogens (tertiary/aromatic N) is 1. The molecule has 1 amide bonds. The van der Waals surface area contributed by atoms with Crippen LogP contribution in [0.25, 0.3) is 5.69 Å². The lowest BCUT2D eigenvalue weighted by Crippen LogP contribution is -2.29. The van der Waals surface area contributed by atoms with Crippen LogP contribution in [0, 0.1) is 26.2 Å². The maximum Gasteiger partial charge on any atom is 0.340 e. The number of rotatable bonds is 6. The summed E-state index contributed by atoms with van der Waals surface area (Å²) in [5.74, 6) is 2.05. The number of amides is 1. The Morgan fingerprint density at radius 1 is 1.24 bits per heavy atom. The summed E-state index contributed by atoms with van der Waals surface area (Å²) < 4.78 is 12.2. The van der Waals surface area contributed by atoms with Crippen molar-refractivity contribution < 1.29 is 19.1 Å². The van der Waals surface area contributed by atoms with Gasteiger partial charge in [-0.05, 0) is 44.2 Å². The summed E-state index contributed by atoms with van der Waals surface area (Å²) >= 11 is 0. The number of carbonyl (C=O) groups is 2. The second kappa shape index (κ2) is 8.06. The van der Waals surface area contributed by atoms with Gasteiger partial charge in [-0.2, -0.15) is 0 Å². The average Bonchev–Trinajstić information content (AvgIpc) is 2.92. The summed E-state index contributed by atoms with van der Waals surface area (Å²) in [5.41, 5.74) is 2.93. The van der Waals surface area contributed by atoms with Crippen molar-refractivity contribution in [3.63, 3.8) is 0 Å². The lowest BCUT2D eigenvalue weighted by molar-refractivity contribution is -0.123. The third-order valence-corrected chi connectivity index (χ3v) is 3.70. The Hall–Kier alpha value is -3.20. The van der Waals surface area contributed by atoms with E-state index >= 15 is 0 Å². The Morgan fingerprint density at radius 3 is 2.52 bits per heavy atom. The van der Waals surface area contributed by atoms with Crippen molar-refractivity contribution >= 4 is 11.9 Å². The van der Waals surface area contributed by atoms with Gasteiger partial charge in [0.2, 0.25) is 0 Å². The van der Waals surface area contributed by atoms with Crippen LogP contribution in [0.2, 0.25) is 0 Å². The van der Waals surface area contributed by atoms with Crippen LogP contribution in [0.3, 0.4) is 0 Å². The quantitative estimate of drug-likeness (QED) is 0.645. The van der Waals surface area contributed by atoms with E-state index in [-0.39, 0.29) is 13.2 Å². The summed E-state index contributed by atoms with van der Waals surface area (Å²) in [6.45, 7) is 3.45. The second-order valence-corrected chi connectivity index (χ2v) is 5.38. The Balaban J connectivity index is 2.16. The fourth-order valence-electron chi connectivity index (χ4n) is 2.51. The number of esters is 1. The van der Waals surface area contributed by atoms with Gasteiger partial charge in [-0.1, -0.05) is 5.92 Å². The molecule has 0 spiro atoms. The van der Waals surface area contributed by atoms with Crippen molar-refractivity contribution in [2.75, 3.05) is 20.3 Å². The van der Waals surface area contributed by atoms with Crippen molar-refractivity contribution in [2.45, 2.75) is 13.8 Å². The van der Waals surface area contributed by atoms with Gasteiger partial charge >= 0.3 is 5.97 Å². The number of aromatic nitrogens is 1. The number of benzene rings is 1. The number of methoxy groups -OCH3 is 1. The summed E-state index contributed by atoms with van der Waals surface area (Å²) in [6, 6.07) is 9.24. The van der Waals surface area contributed by atoms with Gasteiger partial charge in [0, 0.05) is 17.1 Å². The Bertz CT molecular complexity index is 813. The zero-order valence-corrected chi connectivity index (χ0v) is 14.5. The predicted octanol–water partition coefficient (Wildman–Crippen LogP) is 2.01. The first-order valence-corrected chi connectivity index (χ1v) is 7.68. The van der Waals surface area contributed by atoms with Crippen LogP contribution >= 0.6 is 0 Å². The van der Waals surface area contributed by atoms with Gasteiger partial charge in [0.1, 0.15) is 5.75 Å². The molecule has 0 aliphatic heterocycles. The third kappa shape index (κ3) is 4.21. The highest BCUT2D eigenvalue weighted by Crippen LogP contribution is 2.23. The number of carbonyl (C=O) groups excluding carboxylic acids is 2. The normalized spacial score (nSPS) is 10.0. The van der Waals surface area contributed by atoms with E-state index < -0.39 is 11.9 Å². The lowest BCUT2D eigenvalue weighted by Gasteiger charge is -2.10. The number of hydrogen-bond donors (Lipinski definition) is 1. The van der Waals surface area contributed by atoms with E-state index in [9.17, 15) is 9.59 Å². The smallest absolute Gasteiger partial charge is 0.340 e. The van der Waals surface area contributed by atoms with E-state index in [4.69, 9.17) is 15.9 Å². The van der Waals surface area contributed by atoms with Crippen LogP contribution in [0.4, 0.5) is 0 Å². The first-order chi connectivity index (χ1) is 12.0. The SMILES string of the molecule is C#CCNC(=O)COC(=O)c1cc(C)n(-c2ccc(OC)cc2)c1C. The minimum atomic E-state index is -0.552. The fraction of sp³-hybridized carbons (Fsp3) is 0.263. The molecule has 6 nitrogen and oxygen atoms in total. The molecule has 1 aromatic heterocycles. The van der Waals surface area contributed by atoms with Gasteiger partial charge in [-0.3, -0.25) is 4.79 Å². The molecule has 25 heavy (non-hydrogen) atoms. The van der Waals surface area contributed by atoms with Gasteiger partial charge < -0.3 is 19.4 Å². The predicted molar refractivity (Wildman–Crippen MR) is 93.9 cm³/mol. The van der Waals surface area contributed by atoms with Crippen LogP contribution in [0.5, 0.6) is 5.75 Å². The number of nitrogens with one attached hydrogen (secondary N) is 1. The second-order valence-electron chi connectivity index (χ2n) is 5.38. The molecule has 0 fully saturated rings. The highest BCUT2D eigenvalue weighted by atomic mass is 16.5. The van der Waals surface area contributed by atoms with E-state index in [0.717, 1.165) is 22.8 Å². The van der Waals surface area contributed by atoms with Gasteiger partial charge in [0.05, 0.1) is 19.2 Å². The van der Waals surface area contributed by atoms with Crippen molar-refractivity contribution in [3.05, 3.63) is 47.3 Å². The molecule has 2 aromatic rings. The van der Waals surface area contributed by atoms with Crippen LogP contribution in [-0.2, 0) is 9.53 Å². The fourth-order valence-corrected chi connectivity index (χ4v) is 2.51. The Labute approximate surface area is 146 Å². The van der Waals surface area contributed by atoms with E-state index in [2.05, 4.69) is 11.2 Å². The van der Waals surface area contributed by atoms with Crippen LogP contribution in [0.1, 0.15) is 21.7 Å². The summed E-state index contributed by atoms with van der Waals surface area (Å²) in [6.07, 6.45) is 5.05. The minimum Gasteiger partial charge on any atom is -0.497 e. The first kappa shape index (κ1) is 18.1. The Morgan fingerprint density at radius 2 is 1.92 bits per heavy atom. The molecule has 0 radical (unpaired) electrons. The number of hydrogen-bond acceptors (Lipinski definition) is 4. The van der Waals surface area contributed by atoms with Crippen LogP contribution in [-0.4, -0.2) is 36.7 Å². The molecule has 1 N–H and O–H groups in total. The molecule has 0 saturated heterocycles. The highest BCUT2D eigenvalue weighted by molar-refractivity contribution is 5.93. The molecule has 0 bridgehead atoms. The molecule has 0 saturated carbocycles. The van der Waals surface area contributed by atoms with Gasteiger partial charge in [-0.25, -0.2) is 4.79 Å². The molecule has 1 heterocycles. The number of aryl methyl sites for hydroxylation is 1. The highest BCUT2D eigenvalue weighted by Gasteiger charge is 2.18. The van der Waals surface area contributed by atoms with E-state index in [1.165, 1.54) is 0 Å². The molecular formula is C19H20N2O4. The molecule has 1 aromatic carbocycles. The van der Waals surface area contributed by atoms with Crippen molar-refractivity contribution in [1.82, 2.24) is 9.88 Å². The summed E-state index contributed by atoms with van der Waals surface area (Å²) in [4.78, 5) is 23.7. The van der Waals surface area contributed by atoms with E-state index in [1.54, 1.807) is 13.2 Å². The molecule has 2 rings (SSSR count). The lowest BCUT2D eigenvalue weighted by atomic mass is 10.2. The summed E-state index contributed by atoms with van der Waals surface area (Å²) in [7, 11) is 1.61. The Kier molecular flexibility index (Phi) is 5.85. The maximum absolute atomic E-state index is 12.3. The topological polar surface area (TPSA) is 69.6 Å². The number of ether oxygens (including phenoxy) is 2. The van der Waals surface area contributed by atoms with Gasteiger partial charge in [0.15, 0.2) is 6.61 Å². The minimum absolute atomic E-state index is 0.0996. The van der Waals surface area contributed by atoms with Crippen LogP contribution < -0.4 is 10.1 Å². The monoisotopic (exact) mass is 340 g/mol. The van der Waals surface area contributed by atoms with E-state index in [1.807, 2.05) is 42.7 Å². The van der Waals surface area contributed by atoms with Crippen molar-refractivity contribution in [2.24, 2.45) is 0 Å². The third-order valence-electron chi connectivity index (χ3n) is 3.70. The maximum atomic E-state index is 12.3. The van der Waals surface area contributed by atoms with E-state index in [0.29, 0.717) is 5.56 Å². The standard InChI is InChI=1S/C19H20N2O4/c1-5-10-20-18(22)12-25-19(23)17-11-13(2)21(14(17)3)15-6-8-16(24-4)9-7-15/h1,6-9,11H,10,12H2,2-4H3,(H,20,22). The van der Waals surface area contributed by atoms with Crippen molar-refractivity contribution in [1.29, 1.82) is 0 Å². The number of terminal acetylenes is 1. The zero-order valence-electron chi connectivity index (χ0n) is 14.5. The molecule has 0 aliphatic rings. The molecule has 130 valence electrons. The van der Waals surface area contributed by atoms with Crippen molar-refractivity contribution in [3.8, 4) is 23.8 Å². The molecule has 0 aliphatic carbocycles. The molecule has 0 unspecified atom stereocenters. The molecule has 0 atom stereocenters. The van der Waals surface area contributed by atoms with Gasteiger partial charge in [-0.15, -0.1) is 6.42 Å². The molecule has 6 heteroatoms. The zero-order chi connectivity index (χ0) is 18.4. The first-order valence-electron chi connectivity index (χ1n) is 7.68. The average molecular weight is 340 g/mol. The summed E-state index contributed by atoms with van der Waals surface area (Å²) in [5, 5.41) is 2.44.